The van der Waals surface area contributed by atoms with E-state index < -0.39 is 0 Å². The van der Waals surface area contributed by atoms with Crippen LogP contribution in [0.15, 0.2) is 0 Å². The zero-order valence-corrected chi connectivity index (χ0v) is 11.1. The van der Waals surface area contributed by atoms with Gasteiger partial charge in [-0.15, -0.1) is 11.6 Å². The van der Waals surface area contributed by atoms with Gasteiger partial charge < -0.3 is 4.90 Å². The third kappa shape index (κ3) is 3.61. The van der Waals surface area contributed by atoms with Crippen LogP contribution >= 0.6 is 11.6 Å². The van der Waals surface area contributed by atoms with Crippen LogP contribution in [0.3, 0.4) is 0 Å². The molecular formula is C13H25ClN2. The van der Waals surface area contributed by atoms with Gasteiger partial charge in [-0.05, 0) is 58.3 Å². The summed E-state index contributed by atoms with van der Waals surface area (Å²) in [6.45, 7) is 6.31. The van der Waals surface area contributed by atoms with E-state index in [1.54, 1.807) is 0 Å². The van der Waals surface area contributed by atoms with Crippen LogP contribution in [-0.4, -0.2) is 54.4 Å². The lowest BCUT2D eigenvalue weighted by Crippen LogP contribution is -2.42. The second-order valence-electron chi connectivity index (χ2n) is 5.21. The van der Waals surface area contributed by atoms with Gasteiger partial charge in [-0.3, -0.25) is 4.90 Å². The molecule has 0 atom stereocenters. The van der Waals surface area contributed by atoms with Crippen LogP contribution in [-0.2, 0) is 0 Å². The third-order valence-corrected chi connectivity index (χ3v) is 4.25. The van der Waals surface area contributed by atoms with Crippen LogP contribution < -0.4 is 0 Å². The largest absolute Gasteiger partial charge is 0.303 e. The topological polar surface area (TPSA) is 6.48 Å². The van der Waals surface area contributed by atoms with Crippen molar-refractivity contribution in [2.75, 3.05) is 38.6 Å². The highest BCUT2D eigenvalue weighted by Crippen LogP contribution is 2.24. The van der Waals surface area contributed by atoms with E-state index in [0.29, 0.717) is 0 Å². The molecular weight excluding hydrogens is 220 g/mol. The molecule has 2 fully saturated rings. The Morgan fingerprint density at radius 2 is 1.81 bits per heavy atom. The van der Waals surface area contributed by atoms with E-state index in [9.17, 15) is 0 Å². The predicted molar refractivity (Wildman–Crippen MR) is 70.2 cm³/mol. The van der Waals surface area contributed by atoms with E-state index in [1.807, 2.05) is 0 Å². The van der Waals surface area contributed by atoms with E-state index >= 15 is 0 Å². The lowest BCUT2D eigenvalue weighted by Gasteiger charge is -2.37. The summed E-state index contributed by atoms with van der Waals surface area (Å²) in [7, 11) is 0. The number of halogens is 1. The molecule has 1 aliphatic heterocycles. The molecule has 0 unspecified atom stereocenters. The second kappa shape index (κ2) is 6.83. The Morgan fingerprint density at radius 3 is 2.38 bits per heavy atom. The van der Waals surface area contributed by atoms with E-state index in [4.69, 9.17) is 11.6 Å². The molecule has 3 heteroatoms. The Balaban J connectivity index is 1.60. The summed E-state index contributed by atoms with van der Waals surface area (Å²) < 4.78 is 0. The fourth-order valence-electron chi connectivity index (χ4n) is 2.84. The lowest BCUT2D eigenvalue weighted by atomic mass is 9.91. The number of alkyl halides is 1. The Labute approximate surface area is 105 Å². The summed E-state index contributed by atoms with van der Waals surface area (Å²) in [6.07, 6.45) is 8.38. The van der Waals surface area contributed by atoms with Gasteiger partial charge in [-0.1, -0.05) is 6.42 Å². The summed E-state index contributed by atoms with van der Waals surface area (Å²) in [4.78, 5) is 5.23. The van der Waals surface area contributed by atoms with Crippen molar-refractivity contribution in [2.24, 2.45) is 0 Å². The van der Waals surface area contributed by atoms with E-state index in [0.717, 1.165) is 18.5 Å². The highest BCUT2D eigenvalue weighted by atomic mass is 35.5. The highest BCUT2D eigenvalue weighted by Gasteiger charge is 2.24. The van der Waals surface area contributed by atoms with Gasteiger partial charge in [0.2, 0.25) is 0 Å². The highest BCUT2D eigenvalue weighted by molar-refractivity contribution is 6.18. The predicted octanol–water partition coefficient (Wildman–Crippen LogP) is 2.57. The average molecular weight is 245 g/mol. The quantitative estimate of drug-likeness (QED) is 0.636. The molecule has 0 radical (unpaired) electrons. The summed E-state index contributed by atoms with van der Waals surface area (Å²) in [5, 5.41) is 0. The molecule has 2 nitrogen and oxygen atoms in total. The van der Waals surface area contributed by atoms with Gasteiger partial charge in [-0.25, -0.2) is 0 Å². The van der Waals surface area contributed by atoms with Crippen LogP contribution in [0.4, 0.5) is 0 Å². The van der Waals surface area contributed by atoms with Gasteiger partial charge in [0.15, 0.2) is 0 Å². The molecule has 0 amide bonds. The Morgan fingerprint density at radius 1 is 1.06 bits per heavy atom. The van der Waals surface area contributed by atoms with E-state index in [-0.39, 0.29) is 0 Å². The van der Waals surface area contributed by atoms with Gasteiger partial charge in [0.25, 0.3) is 0 Å². The summed E-state index contributed by atoms with van der Waals surface area (Å²) >= 11 is 5.88. The molecule has 1 aliphatic carbocycles. The smallest absolute Gasteiger partial charge is 0.0351 e. The van der Waals surface area contributed by atoms with Crippen molar-refractivity contribution < 1.29 is 0 Å². The molecule has 0 bridgehead atoms. The summed E-state index contributed by atoms with van der Waals surface area (Å²) in [5.41, 5.74) is 0. The molecule has 1 saturated heterocycles. The molecule has 16 heavy (non-hydrogen) atoms. The van der Waals surface area contributed by atoms with Gasteiger partial charge >= 0.3 is 0 Å². The molecule has 0 aromatic rings. The first-order valence-electron chi connectivity index (χ1n) is 6.92. The first-order chi connectivity index (χ1) is 7.90. The Bertz CT molecular complexity index is 188. The number of likely N-dealkylation sites (tertiary alicyclic amines) is 1. The van der Waals surface area contributed by atoms with Crippen molar-refractivity contribution in [2.45, 2.75) is 44.6 Å². The van der Waals surface area contributed by atoms with E-state index in [2.05, 4.69) is 9.80 Å². The fraction of sp³-hybridized carbons (Fsp3) is 1.00. The van der Waals surface area contributed by atoms with Gasteiger partial charge in [0.1, 0.15) is 0 Å². The van der Waals surface area contributed by atoms with Crippen molar-refractivity contribution in [3.05, 3.63) is 0 Å². The Hall–Kier alpha value is 0.210. The normalized spacial score (nSPS) is 22.9. The molecule has 94 valence electrons. The van der Waals surface area contributed by atoms with Crippen molar-refractivity contribution in [1.29, 1.82) is 0 Å². The zero-order valence-electron chi connectivity index (χ0n) is 10.3. The van der Waals surface area contributed by atoms with Crippen LogP contribution in [0.25, 0.3) is 0 Å². The maximum atomic E-state index is 5.88. The Kier molecular flexibility index (Phi) is 5.40. The van der Waals surface area contributed by atoms with Gasteiger partial charge in [0, 0.05) is 18.5 Å². The van der Waals surface area contributed by atoms with Crippen molar-refractivity contribution in [3.63, 3.8) is 0 Å². The molecule has 0 spiro atoms. The zero-order chi connectivity index (χ0) is 11.2. The fourth-order valence-corrected chi connectivity index (χ4v) is 3.06. The number of hydrogen-bond acceptors (Lipinski definition) is 2. The summed E-state index contributed by atoms with van der Waals surface area (Å²) in [6, 6.07) is 0.859. The number of hydrogen-bond donors (Lipinski definition) is 0. The minimum absolute atomic E-state index is 0.792. The molecule has 0 aromatic carbocycles. The standard InChI is InChI=1S/C13H25ClN2/c14-7-12-16(13-5-3-6-13)11-4-10-15-8-1-2-9-15/h13H,1-12H2. The lowest BCUT2D eigenvalue weighted by molar-refractivity contribution is 0.128. The van der Waals surface area contributed by atoms with Gasteiger partial charge in [0.05, 0.1) is 0 Å². The maximum absolute atomic E-state index is 5.88. The van der Waals surface area contributed by atoms with E-state index in [1.165, 1.54) is 64.7 Å². The first kappa shape index (κ1) is 12.7. The molecule has 1 heterocycles. The number of rotatable bonds is 7. The monoisotopic (exact) mass is 244 g/mol. The van der Waals surface area contributed by atoms with Crippen LogP contribution in [0.1, 0.15) is 38.5 Å². The summed E-state index contributed by atoms with van der Waals surface area (Å²) in [5.74, 6) is 0.792. The molecule has 0 N–H and O–H groups in total. The SMILES string of the molecule is ClCCN(CCCN1CCCC1)C1CCC1. The van der Waals surface area contributed by atoms with Crippen molar-refractivity contribution >= 4 is 11.6 Å². The van der Waals surface area contributed by atoms with Crippen molar-refractivity contribution in [3.8, 4) is 0 Å². The molecule has 2 aliphatic rings. The average Bonchev–Trinajstić information content (AvgIpc) is 2.68. The third-order valence-electron chi connectivity index (χ3n) is 4.08. The number of nitrogens with zero attached hydrogens (tertiary/aromatic N) is 2. The first-order valence-corrected chi connectivity index (χ1v) is 7.46. The minimum atomic E-state index is 0.792. The maximum Gasteiger partial charge on any atom is 0.0351 e. The van der Waals surface area contributed by atoms with Crippen LogP contribution in [0.5, 0.6) is 0 Å². The van der Waals surface area contributed by atoms with Gasteiger partial charge in [-0.2, -0.15) is 0 Å². The molecule has 2 rings (SSSR count). The molecule has 0 aromatic heterocycles. The van der Waals surface area contributed by atoms with Crippen molar-refractivity contribution in [1.82, 2.24) is 9.80 Å². The molecule has 1 saturated carbocycles. The second-order valence-corrected chi connectivity index (χ2v) is 5.59. The van der Waals surface area contributed by atoms with Crippen LogP contribution in [0.2, 0.25) is 0 Å². The minimum Gasteiger partial charge on any atom is -0.303 e. The van der Waals surface area contributed by atoms with Crippen LogP contribution in [0, 0.1) is 0 Å².